The Morgan fingerprint density at radius 2 is 2.48 bits per heavy atom. The van der Waals surface area contributed by atoms with Gasteiger partial charge in [-0.1, -0.05) is 5.16 Å². The molecule has 0 saturated carbocycles. The van der Waals surface area contributed by atoms with E-state index in [9.17, 15) is 4.79 Å². The van der Waals surface area contributed by atoms with Crippen molar-refractivity contribution < 1.29 is 13.7 Å². The van der Waals surface area contributed by atoms with Gasteiger partial charge in [-0.2, -0.15) is 4.98 Å². The van der Waals surface area contributed by atoms with Crippen molar-refractivity contribution in [2.45, 2.75) is 31.7 Å². The lowest BCUT2D eigenvalue weighted by molar-refractivity contribution is -0.121. The second kappa shape index (κ2) is 6.53. The van der Waals surface area contributed by atoms with E-state index in [0.29, 0.717) is 42.9 Å². The van der Waals surface area contributed by atoms with Gasteiger partial charge in [0.1, 0.15) is 0 Å². The molecule has 1 saturated heterocycles. The summed E-state index contributed by atoms with van der Waals surface area (Å²) in [6.07, 6.45) is 4.62. The molecule has 21 heavy (non-hydrogen) atoms. The molecule has 0 aromatic carbocycles. The van der Waals surface area contributed by atoms with Gasteiger partial charge in [0.2, 0.25) is 17.6 Å². The summed E-state index contributed by atoms with van der Waals surface area (Å²) in [5.74, 6) is 1.41. The quantitative estimate of drug-likeness (QED) is 0.828. The minimum atomic E-state index is 0.00134. The first-order valence-corrected chi connectivity index (χ1v) is 7.18. The molecule has 3 rings (SSSR count). The molecule has 112 valence electrons. The van der Waals surface area contributed by atoms with Crippen LogP contribution in [0.15, 0.2) is 27.3 Å². The van der Waals surface area contributed by atoms with Crippen molar-refractivity contribution >= 4 is 5.91 Å². The minimum Gasteiger partial charge on any atom is -0.461 e. The molecule has 1 atom stereocenters. The summed E-state index contributed by atoms with van der Waals surface area (Å²) in [7, 11) is 0. The first kappa shape index (κ1) is 13.8. The van der Waals surface area contributed by atoms with Gasteiger partial charge in [-0.25, -0.2) is 0 Å². The summed E-state index contributed by atoms with van der Waals surface area (Å²) >= 11 is 0. The Morgan fingerprint density at radius 1 is 1.52 bits per heavy atom. The highest BCUT2D eigenvalue weighted by Crippen LogP contribution is 2.16. The van der Waals surface area contributed by atoms with Gasteiger partial charge in [-0.05, 0) is 31.5 Å². The molecule has 0 bridgehead atoms. The zero-order chi connectivity index (χ0) is 14.5. The van der Waals surface area contributed by atoms with Crippen molar-refractivity contribution in [1.29, 1.82) is 0 Å². The van der Waals surface area contributed by atoms with Crippen LogP contribution in [0, 0.1) is 0 Å². The van der Waals surface area contributed by atoms with Crippen molar-refractivity contribution in [3.05, 3.63) is 24.3 Å². The summed E-state index contributed by atoms with van der Waals surface area (Å²) in [4.78, 5) is 16.0. The molecule has 1 unspecified atom stereocenters. The fourth-order valence-electron chi connectivity index (χ4n) is 2.34. The van der Waals surface area contributed by atoms with Crippen molar-refractivity contribution in [2.24, 2.45) is 0 Å². The summed E-state index contributed by atoms with van der Waals surface area (Å²) in [6, 6.07) is 3.93. The SMILES string of the molecule is O=C(CCc1nc(-c2ccco2)no1)NCC1CCCN1. The molecule has 2 aromatic heterocycles. The van der Waals surface area contributed by atoms with Gasteiger partial charge in [0.05, 0.1) is 6.26 Å². The van der Waals surface area contributed by atoms with Crippen LogP contribution in [0.1, 0.15) is 25.2 Å². The summed E-state index contributed by atoms with van der Waals surface area (Å²) < 4.78 is 10.3. The predicted octanol–water partition coefficient (Wildman–Crippen LogP) is 1.13. The van der Waals surface area contributed by atoms with E-state index in [1.807, 2.05) is 0 Å². The van der Waals surface area contributed by atoms with E-state index in [1.54, 1.807) is 18.4 Å². The highest BCUT2D eigenvalue weighted by atomic mass is 16.5. The van der Waals surface area contributed by atoms with Crippen LogP contribution >= 0.6 is 0 Å². The standard InChI is InChI=1S/C14H18N4O3/c19-12(16-9-10-3-1-7-15-10)5-6-13-17-14(18-21-13)11-4-2-8-20-11/h2,4,8,10,15H,1,3,5-7,9H2,(H,16,19). The van der Waals surface area contributed by atoms with Crippen LogP contribution in [0.25, 0.3) is 11.6 Å². The van der Waals surface area contributed by atoms with Crippen molar-refractivity contribution in [3.8, 4) is 11.6 Å². The van der Waals surface area contributed by atoms with E-state index in [1.165, 1.54) is 6.42 Å². The third-order valence-electron chi connectivity index (χ3n) is 3.48. The van der Waals surface area contributed by atoms with Gasteiger partial charge in [0.15, 0.2) is 5.76 Å². The third-order valence-corrected chi connectivity index (χ3v) is 3.48. The van der Waals surface area contributed by atoms with Gasteiger partial charge in [-0.3, -0.25) is 4.79 Å². The van der Waals surface area contributed by atoms with Crippen LogP contribution in [0.2, 0.25) is 0 Å². The average Bonchev–Trinajstić information content (AvgIpc) is 3.24. The van der Waals surface area contributed by atoms with E-state index < -0.39 is 0 Å². The number of aromatic nitrogens is 2. The number of carbonyl (C=O) groups excluding carboxylic acids is 1. The molecule has 7 nitrogen and oxygen atoms in total. The number of aryl methyl sites for hydroxylation is 1. The van der Waals surface area contributed by atoms with Crippen LogP contribution in [-0.4, -0.2) is 35.2 Å². The number of amides is 1. The Hall–Kier alpha value is -2.15. The first-order valence-electron chi connectivity index (χ1n) is 7.18. The Balaban J connectivity index is 1.43. The number of carbonyl (C=O) groups is 1. The third kappa shape index (κ3) is 3.69. The first-order chi connectivity index (χ1) is 10.3. The van der Waals surface area contributed by atoms with Crippen LogP contribution in [0.5, 0.6) is 0 Å². The highest BCUT2D eigenvalue weighted by molar-refractivity contribution is 5.76. The Morgan fingerprint density at radius 3 is 3.24 bits per heavy atom. The number of rotatable bonds is 6. The fraction of sp³-hybridized carbons (Fsp3) is 0.500. The molecule has 7 heteroatoms. The Labute approximate surface area is 122 Å². The zero-order valence-corrected chi connectivity index (χ0v) is 11.7. The lowest BCUT2D eigenvalue weighted by Crippen LogP contribution is -2.37. The van der Waals surface area contributed by atoms with Crippen LogP contribution in [0.3, 0.4) is 0 Å². The molecule has 3 heterocycles. The van der Waals surface area contributed by atoms with E-state index in [4.69, 9.17) is 8.94 Å². The topological polar surface area (TPSA) is 93.2 Å². The van der Waals surface area contributed by atoms with Crippen molar-refractivity contribution in [2.75, 3.05) is 13.1 Å². The monoisotopic (exact) mass is 290 g/mol. The smallest absolute Gasteiger partial charge is 0.238 e. The van der Waals surface area contributed by atoms with Gasteiger partial charge >= 0.3 is 0 Å². The van der Waals surface area contributed by atoms with E-state index in [2.05, 4.69) is 20.8 Å². The van der Waals surface area contributed by atoms with Crippen molar-refractivity contribution in [1.82, 2.24) is 20.8 Å². The zero-order valence-electron chi connectivity index (χ0n) is 11.7. The van der Waals surface area contributed by atoms with E-state index in [-0.39, 0.29) is 5.91 Å². The van der Waals surface area contributed by atoms with Gasteiger partial charge in [-0.15, -0.1) is 0 Å². The molecule has 0 aliphatic carbocycles. The molecule has 1 aliphatic heterocycles. The number of nitrogens with one attached hydrogen (secondary N) is 2. The van der Waals surface area contributed by atoms with E-state index in [0.717, 1.165) is 13.0 Å². The number of nitrogens with zero attached hydrogens (tertiary/aromatic N) is 2. The normalized spacial score (nSPS) is 18.0. The Kier molecular flexibility index (Phi) is 4.30. The minimum absolute atomic E-state index is 0.00134. The lowest BCUT2D eigenvalue weighted by Gasteiger charge is -2.10. The molecular weight excluding hydrogens is 272 g/mol. The number of furan rings is 1. The predicted molar refractivity (Wildman–Crippen MR) is 74.4 cm³/mol. The maximum Gasteiger partial charge on any atom is 0.238 e. The fourth-order valence-corrected chi connectivity index (χ4v) is 2.34. The highest BCUT2D eigenvalue weighted by Gasteiger charge is 2.15. The second-order valence-electron chi connectivity index (χ2n) is 5.09. The van der Waals surface area contributed by atoms with Gasteiger partial charge in [0, 0.05) is 25.4 Å². The number of hydrogen-bond donors (Lipinski definition) is 2. The molecule has 1 amide bonds. The second-order valence-corrected chi connectivity index (χ2v) is 5.09. The lowest BCUT2D eigenvalue weighted by atomic mass is 10.2. The van der Waals surface area contributed by atoms with E-state index >= 15 is 0 Å². The van der Waals surface area contributed by atoms with Gasteiger partial charge < -0.3 is 19.6 Å². The maximum absolute atomic E-state index is 11.8. The largest absolute Gasteiger partial charge is 0.461 e. The summed E-state index contributed by atoms with van der Waals surface area (Å²) in [5, 5.41) is 10.1. The molecule has 0 spiro atoms. The van der Waals surface area contributed by atoms with Crippen LogP contribution < -0.4 is 10.6 Å². The molecule has 1 aliphatic rings. The van der Waals surface area contributed by atoms with Crippen LogP contribution in [0.4, 0.5) is 0 Å². The van der Waals surface area contributed by atoms with Crippen LogP contribution in [-0.2, 0) is 11.2 Å². The maximum atomic E-state index is 11.8. The Bertz CT molecular complexity index is 573. The molecule has 1 fully saturated rings. The summed E-state index contributed by atoms with van der Waals surface area (Å²) in [5.41, 5.74) is 0. The summed E-state index contributed by atoms with van der Waals surface area (Å²) in [6.45, 7) is 1.72. The van der Waals surface area contributed by atoms with Crippen molar-refractivity contribution in [3.63, 3.8) is 0 Å². The number of hydrogen-bond acceptors (Lipinski definition) is 6. The van der Waals surface area contributed by atoms with Gasteiger partial charge in [0.25, 0.3) is 0 Å². The average molecular weight is 290 g/mol. The molecular formula is C14H18N4O3. The molecule has 2 N–H and O–H groups in total. The molecule has 0 radical (unpaired) electrons. The molecule has 2 aromatic rings.